The van der Waals surface area contributed by atoms with Crippen molar-refractivity contribution in [2.75, 3.05) is 12.0 Å². The zero-order valence-corrected chi connectivity index (χ0v) is 13.7. The van der Waals surface area contributed by atoms with Gasteiger partial charge in [-0.3, -0.25) is 0 Å². The number of benzene rings is 1. The third-order valence-electron chi connectivity index (χ3n) is 2.82. The second-order valence-corrected chi connectivity index (χ2v) is 7.27. The van der Waals surface area contributed by atoms with Gasteiger partial charge in [-0.2, -0.15) is 19.5 Å². The van der Waals surface area contributed by atoms with Gasteiger partial charge in [0.15, 0.2) is 17.5 Å². The fraction of sp³-hybridized carbons (Fsp3) is 0.0909. The monoisotopic (exact) mass is 404 g/mol. The normalized spacial score (nSPS) is 12.0. The second kappa shape index (κ2) is 5.16. The van der Waals surface area contributed by atoms with Gasteiger partial charge in [0.2, 0.25) is 15.8 Å². The SMILES string of the molecule is CS(=O)(=O)c1nc(N)n2nc(-c3ccc(Br)c(F)c3F)nc2n1. The molecule has 0 atom stereocenters. The van der Waals surface area contributed by atoms with Crippen LogP contribution in [0.2, 0.25) is 0 Å². The van der Waals surface area contributed by atoms with Crippen molar-refractivity contribution in [2.45, 2.75) is 5.16 Å². The van der Waals surface area contributed by atoms with E-state index in [-0.39, 0.29) is 27.6 Å². The highest BCUT2D eigenvalue weighted by molar-refractivity contribution is 9.10. The standard InChI is InChI=1S/C11H7BrF2N6O2S/c1-23(21,22)11-17-9(15)20-10(18-11)16-8(19-20)4-2-3-5(12)7(14)6(4)13/h2-3H,1H3,(H2,15,16,17,18,19). The van der Waals surface area contributed by atoms with E-state index in [2.05, 4.69) is 36.0 Å². The summed E-state index contributed by atoms with van der Waals surface area (Å²) in [5.41, 5.74) is 5.38. The molecule has 0 amide bonds. The Hall–Kier alpha value is -2.21. The van der Waals surface area contributed by atoms with E-state index in [0.29, 0.717) is 0 Å². The van der Waals surface area contributed by atoms with Crippen LogP contribution in [-0.2, 0) is 9.84 Å². The van der Waals surface area contributed by atoms with Gasteiger partial charge in [-0.25, -0.2) is 17.2 Å². The Bertz CT molecular complexity index is 1050. The number of aromatic nitrogens is 5. The third kappa shape index (κ3) is 2.63. The highest BCUT2D eigenvalue weighted by Crippen LogP contribution is 2.27. The summed E-state index contributed by atoms with van der Waals surface area (Å²) < 4.78 is 51.5. The largest absolute Gasteiger partial charge is 0.368 e. The predicted octanol–water partition coefficient (Wildman–Crippen LogP) is 1.21. The molecule has 2 aromatic heterocycles. The molecule has 2 heterocycles. The minimum Gasteiger partial charge on any atom is -0.368 e. The molecule has 3 aromatic rings. The Kier molecular flexibility index (Phi) is 3.52. The van der Waals surface area contributed by atoms with Crippen molar-refractivity contribution in [2.24, 2.45) is 0 Å². The Balaban J connectivity index is 2.26. The van der Waals surface area contributed by atoms with Gasteiger partial charge in [-0.1, -0.05) is 0 Å². The van der Waals surface area contributed by atoms with Crippen LogP contribution >= 0.6 is 15.9 Å². The molecule has 3 rings (SSSR count). The summed E-state index contributed by atoms with van der Waals surface area (Å²) in [6.07, 6.45) is 0.902. The molecule has 120 valence electrons. The van der Waals surface area contributed by atoms with Gasteiger partial charge in [0.1, 0.15) is 0 Å². The molecule has 0 fully saturated rings. The van der Waals surface area contributed by atoms with E-state index in [0.717, 1.165) is 10.8 Å². The summed E-state index contributed by atoms with van der Waals surface area (Å²) in [4.78, 5) is 11.2. The molecule has 0 saturated carbocycles. The van der Waals surface area contributed by atoms with Gasteiger partial charge in [0.05, 0.1) is 10.0 Å². The first-order valence-electron chi connectivity index (χ1n) is 5.92. The molecule has 12 heteroatoms. The summed E-state index contributed by atoms with van der Waals surface area (Å²) in [5, 5.41) is 3.34. The Labute approximate surface area is 136 Å². The smallest absolute Gasteiger partial charge is 0.258 e. The maximum atomic E-state index is 14.0. The lowest BCUT2D eigenvalue weighted by Gasteiger charge is -2.00. The summed E-state index contributed by atoms with van der Waals surface area (Å²) in [6.45, 7) is 0. The molecular weight excluding hydrogens is 398 g/mol. The summed E-state index contributed by atoms with van der Waals surface area (Å²) in [6, 6.07) is 2.55. The minimum atomic E-state index is -3.72. The van der Waals surface area contributed by atoms with Crippen molar-refractivity contribution in [1.82, 2.24) is 24.6 Å². The van der Waals surface area contributed by atoms with Crippen molar-refractivity contribution in [3.63, 3.8) is 0 Å². The van der Waals surface area contributed by atoms with Crippen molar-refractivity contribution in [1.29, 1.82) is 0 Å². The third-order valence-corrected chi connectivity index (χ3v) is 4.28. The van der Waals surface area contributed by atoms with Crippen LogP contribution in [0.15, 0.2) is 21.8 Å². The maximum Gasteiger partial charge on any atom is 0.258 e. The molecule has 23 heavy (non-hydrogen) atoms. The maximum absolute atomic E-state index is 14.0. The van der Waals surface area contributed by atoms with E-state index in [9.17, 15) is 17.2 Å². The molecule has 0 bridgehead atoms. The number of rotatable bonds is 2. The van der Waals surface area contributed by atoms with E-state index < -0.39 is 26.6 Å². The van der Waals surface area contributed by atoms with Gasteiger partial charge in [-0.15, -0.1) is 5.10 Å². The number of nitrogen functional groups attached to an aromatic ring is 1. The van der Waals surface area contributed by atoms with Crippen LogP contribution in [0.25, 0.3) is 17.2 Å². The van der Waals surface area contributed by atoms with Crippen LogP contribution < -0.4 is 5.73 Å². The molecular formula is C11H7BrF2N6O2S. The molecule has 0 aliphatic rings. The molecule has 0 aliphatic heterocycles. The van der Waals surface area contributed by atoms with Crippen molar-refractivity contribution < 1.29 is 17.2 Å². The van der Waals surface area contributed by atoms with Gasteiger partial charge >= 0.3 is 0 Å². The number of nitrogens with two attached hydrogens (primary N) is 1. The Morgan fingerprint density at radius 1 is 1.17 bits per heavy atom. The lowest BCUT2D eigenvalue weighted by atomic mass is 10.2. The average molecular weight is 405 g/mol. The van der Waals surface area contributed by atoms with Crippen molar-refractivity contribution in [3.05, 3.63) is 28.2 Å². The summed E-state index contributed by atoms with van der Waals surface area (Å²) in [7, 11) is -3.72. The quantitative estimate of drug-likeness (QED) is 0.637. The fourth-order valence-electron chi connectivity index (χ4n) is 1.76. The topological polar surface area (TPSA) is 116 Å². The summed E-state index contributed by atoms with van der Waals surface area (Å²) >= 11 is 2.86. The van der Waals surface area contributed by atoms with Crippen LogP contribution in [0.5, 0.6) is 0 Å². The van der Waals surface area contributed by atoms with E-state index >= 15 is 0 Å². The van der Waals surface area contributed by atoms with Gasteiger partial charge in [0, 0.05) is 6.26 Å². The van der Waals surface area contributed by atoms with Crippen molar-refractivity contribution in [3.8, 4) is 11.4 Å². The van der Waals surface area contributed by atoms with E-state index in [1.54, 1.807) is 0 Å². The fourth-order valence-corrected chi connectivity index (χ4v) is 2.58. The van der Waals surface area contributed by atoms with E-state index in [4.69, 9.17) is 5.73 Å². The van der Waals surface area contributed by atoms with Crippen LogP contribution in [0.4, 0.5) is 14.7 Å². The molecule has 2 N–H and O–H groups in total. The Morgan fingerprint density at radius 3 is 2.52 bits per heavy atom. The number of hydrogen-bond donors (Lipinski definition) is 1. The van der Waals surface area contributed by atoms with Crippen LogP contribution in [-0.4, -0.2) is 39.2 Å². The molecule has 8 nitrogen and oxygen atoms in total. The number of nitrogens with zero attached hydrogens (tertiary/aromatic N) is 5. The summed E-state index contributed by atoms with van der Waals surface area (Å²) in [5.74, 6) is -2.97. The minimum absolute atomic E-state index is 0.0545. The van der Waals surface area contributed by atoms with E-state index in [1.807, 2.05) is 0 Å². The first-order valence-corrected chi connectivity index (χ1v) is 8.61. The first-order chi connectivity index (χ1) is 10.7. The molecule has 0 radical (unpaired) electrons. The molecule has 0 unspecified atom stereocenters. The van der Waals surface area contributed by atoms with Crippen LogP contribution in [0, 0.1) is 11.6 Å². The van der Waals surface area contributed by atoms with Crippen molar-refractivity contribution >= 4 is 37.5 Å². The highest BCUT2D eigenvalue weighted by atomic mass is 79.9. The van der Waals surface area contributed by atoms with Crippen LogP contribution in [0.1, 0.15) is 0 Å². The molecule has 1 aromatic carbocycles. The zero-order valence-electron chi connectivity index (χ0n) is 11.3. The first kappa shape index (κ1) is 15.7. The highest BCUT2D eigenvalue weighted by Gasteiger charge is 2.20. The second-order valence-electron chi connectivity index (χ2n) is 4.51. The predicted molar refractivity (Wildman–Crippen MR) is 79.2 cm³/mol. The van der Waals surface area contributed by atoms with Gasteiger partial charge < -0.3 is 5.73 Å². The number of anilines is 1. The van der Waals surface area contributed by atoms with Gasteiger partial charge in [-0.05, 0) is 28.1 Å². The number of sulfone groups is 1. The van der Waals surface area contributed by atoms with Crippen LogP contribution in [0.3, 0.4) is 0 Å². The average Bonchev–Trinajstić information content (AvgIpc) is 2.88. The lowest BCUT2D eigenvalue weighted by Crippen LogP contribution is -2.11. The zero-order chi connectivity index (χ0) is 16.9. The molecule has 0 spiro atoms. The number of hydrogen-bond acceptors (Lipinski definition) is 7. The Morgan fingerprint density at radius 2 is 1.87 bits per heavy atom. The van der Waals surface area contributed by atoms with Gasteiger partial charge in [0.25, 0.3) is 10.9 Å². The lowest BCUT2D eigenvalue weighted by molar-refractivity contribution is 0.506. The van der Waals surface area contributed by atoms with E-state index in [1.165, 1.54) is 12.1 Å². The number of fused-ring (bicyclic) bond motifs is 1. The molecule has 0 saturated heterocycles. The molecule has 0 aliphatic carbocycles. The number of halogens is 3.